The minimum atomic E-state index is -0.0344. The molecule has 1 amide bonds. The Bertz CT molecular complexity index is 829. The monoisotopic (exact) mass is 381 g/mol. The van der Waals surface area contributed by atoms with Crippen LogP contribution in [0, 0.1) is 0 Å². The van der Waals surface area contributed by atoms with E-state index in [1.807, 2.05) is 18.2 Å². The number of ketones is 1. The number of benzene rings is 2. The lowest BCUT2D eigenvalue weighted by Gasteiger charge is -2.36. The van der Waals surface area contributed by atoms with E-state index in [0.717, 1.165) is 44.2 Å². The molecule has 0 atom stereocenters. The fourth-order valence-corrected chi connectivity index (χ4v) is 3.40. The van der Waals surface area contributed by atoms with Gasteiger partial charge in [0.05, 0.1) is 12.8 Å². The first-order valence-corrected chi connectivity index (χ1v) is 9.58. The largest absolute Gasteiger partial charge is 0.495 e. The summed E-state index contributed by atoms with van der Waals surface area (Å²) >= 11 is 0. The van der Waals surface area contributed by atoms with E-state index in [-0.39, 0.29) is 11.7 Å². The van der Waals surface area contributed by atoms with Crippen molar-refractivity contribution in [3.05, 3.63) is 54.1 Å². The third kappa shape index (κ3) is 5.10. The number of Topliss-reactive ketones (excluding diaryl/α,β-unsaturated/α-hetero) is 1. The second-order valence-corrected chi connectivity index (χ2v) is 6.94. The molecule has 0 radical (unpaired) electrons. The predicted molar refractivity (Wildman–Crippen MR) is 111 cm³/mol. The first-order valence-electron chi connectivity index (χ1n) is 9.58. The van der Waals surface area contributed by atoms with Crippen LogP contribution in [0.3, 0.4) is 0 Å². The highest BCUT2D eigenvalue weighted by atomic mass is 16.5. The summed E-state index contributed by atoms with van der Waals surface area (Å²) in [4.78, 5) is 28.3. The molecule has 28 heavy (non-hydrogen) atoms. The number of hydrogen-bond acceptors (Lipinski definition) is 5. The van der Waals surface area contributed by atoms with Crippen LogP contribution < -0.4 is 15.0 Å². The Kier molecular flexibility index (Phi) is 6.66. The highest BCUT2D eigenvalue weighted by Crippen LogP contribution is 2.28. The third-order valence-corrected chi connectivity index (χ3v) is 5.01. The molecule has 0 aromatic heterocycles. The van der Waals surface area contributed by atoms with E-state index >= 15 is 0 Å². The molecule has 1 saturated heterocycles. The molecule has 148 valence electrons. The molecule has 0 aliphatic carbocycles. The van der Waals surface area contributed by atoms with Gasteiger partial charge < -0.3 is 15.0 Å². The lowest BCUT2D eigenvalue weighted by atomic mass is 10.1. The topological polar surface area (TPSA) is 61.9 Å². The molecule has 1 heterocycles. The third-order valence-electron chi connectivity index (χ3n) is 5.01. The average Bonchev–Trinajstić information content (AvgIpc) is 2.73. The van der Waals surface area contributed by atoms with Crippen LogP contribution in [-0.4, -0.2) is 56.4 Å². The van der Waals surface area contributed by atoms with Crippen LogP contribution in [-0.2, 0) is 4.79 Å². The lowest BCUT2D eigenvalue weighted by molar-refractivity contribution is -0.116. The van der Waals surface area contributed by atoms with Gasteiger partial charge in [-0.1, -0.05) is 24.3 Å². The van der Waals surface area contributed by atoms with Crippen molar-refractivity contribution in [3.8, 4) is 5.75 Å². The van der Waals surface area contributed by atoms with Crippen molar-refractivity contribution in [1.82, 2.24) is 4.90 Å². The maximum Gasteiger partial charge on any atom is 0.225 e. The second-order valence-electron chi connectivity index (χ2n) is 6.94. The lowest BCUT2D eigenvalue weighted by Crippen LogP contribution is -2.47. The first-order chi connectivity index (χ1) is 13.6. The second kappa shape index (κ2) is 9.37. The number of hydrogen-bond donors (Lipinski definition) is 1. The van der Waals surface area contributed by atoms with Gasteiger partial charge in [-0.15, -0.1) is 0 Å². The fourth-order valence-electron chi connectivity index (χ4n) is 3.40. The quantitative estimate of drug-likeness (QED) is 0.747. The summed E-state index contributed by atoms with van der Waals surface area (Å²) < 4.78 is 5.45. The molecule has 2 aromatic rings. The Morgan fingerprint density at radius 2 is 1.79 bits per heavy atom. The van der Waals surface area contributed by atoms with Gasteiger partial charge in [0.2, 0.25) is 5.91 Å². The standard InChI is InChI=1S/C22H27N3O3/c1-17(26)18-6-5-7-19(16-18)23-22(27)10-11-24-12-14-25(15-13-24)20-8-3-4-9-21(20)28-2/h3-9,16H,10-15H2,1-2H3,(H,23,27). The van der Waals surface area contributed by atoms with Crippen molar-refractivity contribution < 1.29 is 14.3 Å². The van der Waals surface area contributed by atoms with Gasteiger partial charge in [0, 0.05) is 50.4 Å². The summed E-state index contributed by atoms with van der Waals surface area (Å²) in [7, 11) is 1.69. The number of para-hydroxylation sites is 2. The molecular weight excluding hydrogens is 354 g/mol. The maximum absolute atomic E-state index is 12.3. The number of ether oxygens (including phenoxy) is 1. The molecule has 6 heteroatoms. The van der Waals surface area contributed by atoms with Gasteiger partial charge in [-0.25, -0.2) is 0 Å². The van der Waals surface area contributed by atoms with E-state index in [1.54, 1.807) is 31.4 Å². The zero-order chi connectivity index (χ0) is 19.9. The number of anilines is 2. The normalized spacial score (nSPS) is 14.6. The summed E-state index contributed by atoms with van der Waals surface area (Å²) in [6, 6.07) is 15.1. The van der Waals surface area contributed by atoms with E-state index in [2.05, 4.69) is 21.2 Å². The molecule has 1 fully saturated rings. The summed E-state index contributed by atoms with van der Waals surface area (Å²) in [5, 5.41) is 2.88. The predicted octanol–water partition coefficient (Wildman–Crippen LogP) is 3.05. The Labute approximate surface area is 166 Å². The van der Waals surface area contributed by atoms with Crippen molar-refractivity contribution in [3.63, 3.8) is 0 Å². The molecular formula is C22H27N3O3. The van der Waals surface area contributed by atoms with Crippen molar-refractivity contribution in [2.45, 2.75) is 13.3 Å². The van der Waals surface area contributed by atoms with Crippen LogP contribution in [0.15, 0.2) is 48.5 Å². The minimum Gasteiger partial charge on any atom is -0.495 e. The van der Waals surface area contributed by atoms with Crippen LogP contribution in [0.5, 0.6) is 5.75 Å². The van der Waals surface area contributed by atoms with E-state index in [0.29, 0.717) is 17.7 Å². The molecule has 1 aliphatic heterocycles. The zero-order valence-corrected chi connectivity index (χ0v) is 16.5. The van der Waals surface area contributed by atoms with E-state index in [4.69, 9.17) is 4.74 Å². The number of nitrogens with zero attached hydrogens (tertiary/aromatic N) is 2. The van der Waals surface area contributed by atoms with Crippen LogP contribution in [0.4, 0.5) is 11.4 Å². The van der Waals surface area contributed by atoms with Crippen LogP contribution in [0.2, 0.25) is 0 Å². The summed E-state index contributed by atoms with van der Waals surface area (Å²) in [5.41, 5.74) is 2.39. The molecule has 6 nitrogen and oxygen atoms in total. The highest BCUT2D eigenvalue weighted by Gasteiger charge is 2.19. The molecule has 3 rings (SSSR count). The minimum absolute atomic E-state index is 0.0102. The number of amides is 1. The Morgan fingerprint density at radius 3 is 2.50 bits per heavy atom. The zero-order valence-electron chi connectivity index (χ0n) is 16.5. The van der Waals surface area contributed by atoms with Gasteiger partial charge in [0.1, 0.15) is 5.75 Å². The number of carbonyl (C=O) groups is 2. The van der Waals surface area contributed by atoms with Crippen LogP contribution in [0.25, 0.3) is 0 Å². The Balaban J connectivity index is 1.46. The number of rotatable bonds is 7. The smallest absolute Gasteiger partial charge is 0.225 e. The molecule has 0 unspecified atom stereocenters. The van der Waals surface area contributed by atoms with E-state index in [1.165, 1.54) is 6.92 Å². The van der Waals surface area contributed by atoms with Gasteiger partial charge in [-0.2, -0.15) is 0 Å². The SMILES string of the molecule is COc1ccccc1N1CCN(CCC(=O)Nc2cccc(C(C)=O)c2)CC1. The maximum atomic E-state index is 12.3. The van der Waals surface area contributed by atoms with Crippen molar-refractivity contribution >= 4 is 23.1 Å². The van der Waals surface area contributed by atoms with Gasteiger partial charge >= 0.3 is 0 Å². The molecule has 1 N–H and O–H groups in total. The van der Waals surface area contributed by atoms with Crippen molar-refractivity contribution in [1.29, 1.82) is 0 Å². The molecule has 0 bridgehead atoms. The molecule has 1 aliphatic rings. The van der Waals surface area contributed by atoms with Crippen molar-refractivity contribution in [2.24, 2.45) is 0 Å². The van der Waals surface area contributed by atoms with Gasteiger partial charge in [-0.3, -0.25) is 14.5 Å². The number of methoxy groups -OCH3 is 1. The highest BCUT2D eigenvalue weighted by molar-refractivity contribution is 5.97. The van der Waals surface area contributed by atoms with Crippen molar-refractivity contribution in [2.75, 3.05) is 50.1 Å². The first kappa shape index (κ1) is 19.9. The van der Waals surface area contributed by atoms with E-state index < -0.39 is 0 Å². The number of carbonyl (C=O) groups excluding carboxylic acids is 2. The Morgan fingerprint density at radius 1 is 1.04 bits per heavy atom. The molecule has 2 aromatic carbocycles. The number of piperazine rings is 1. The number of nitrogens with one attached hydrogen (secondary N) is 1. The summed E-state index contributed by atoms with van der Waals surface area (Å²) in [5.74, 6) is 0.847. The summed E-state index contributed by atoms with van der Waals surface area (Å²) in [6.07, 6.45) is 0.430. The molecule has 0 saturated carbocycles. The fraction of sp³-hybridized carbons (Fsp3) is 0.364. The van der Waals surface area contributed by atoms with Gasteiger partial charge in [0.15, 0.2) is 5.78 Å². The van der Waals surface area contributed by atoms with Crippen LogP contribution in [0.1, 0.15) is 23.7 Å². The Hall–Kier alpha value is -2.86. The van der Waals surface area contributed by atoms with Gasteiger partial charge in [0.25, 0.3) is 0 Å². The summed E-state index contributed by atoms with van der Waals surface area (Å²) in [6.45, 7) is 5.87. The molecule has 0 spiro atoms. The average molecular weight is 381 g/mol. The van der Waals surface area contributed by atoms with E-state index in [9.17, 15) is 9.59 Å². The van der Waals surface area contributed by atoms with Gasteiger partial charge in [-0.05, 0) is 31.2 Å². The van der Waals surface area contributed by atoms with Crippen LogP contribution >= 0.6 is 0 Å².